The fourth-order valence-electron chi connectivity index (χ4n) is 3.47. The van der Waals surface area contributed by atoms with Gasteiger partial charge in [-0.05, 0) is 49.4 Å². The van der Waals surface area contributed by atoms with Gasteiger partial charge in [0.15, 0.2) is 5.76 Å². The van der Waals surface area contributed by atoms with E-state index in [9.17, 15) is 14.0 Å². The maximum Gasteiger partial charge on any atom is 0.289 e. The van der Waals surface area contributed by atoms with E-state index < -0.39 is 0 Å². The quantitative estimate of drug-likeness (QED) is 0.736. The van der Waals surface area contributed by atoms with Crippen LogP contribution in [0.4, 0.5) is 10.1 Å². The van der Waals surface area contributed by atoms with Crippen molar-refractivity contribution < 1.29 is 18.4 Å². The summed E-state index contributed by atoms with van der Waals surface area (Å²) < 4.78 is 18.6. The first-order valence-corrected chi connectivity index (χ1v) is 9.55. The zero-order valence-electron chi connectivity index (χ0n) is 16.2. The van der Waals surface area contributed by atoms with Crippen molar-refractivity contribution in [2.24, 2.45) is 0 Å². The van der Waals surface area contributed by atoms with Crippen LogP contribution < -0.4 is 5.32 Å². The van der Waals surface area contributed by atoms with Crippen molar-refractivity contribution in [3.05, 3.63) is 65.7 Å². The van der Waals surface area contributed by atoms with Crippen molar-refractivity contribution in [3.8, 4) is 0 Å². The summed E-state index contributed by atoms with van der Waals surface area (Å²) in [4.78, 5) is 28.7. The molecule has 0 radical (unpaired) electrons. The Bertz CT molecular complexity index is 1040. The largest absolute Gasteiger partial charge is 0.451 e. The van der Waals surface area contributed by atoms with E-state index in [0.717, 1.165) is 10.9 Å². The van der Waals surface area contributed by atoms with Crippen molar-refractivity contribution in [1.82, 2.24) is 9.80 Å². The monoisotopic (exact) mass is 395 g/mol. The van der Waals surface area contributed by atoms with Gasteiger partial charge in [0.25, 0.3) is 5.91 Å². The van der Waals surface area contributed by atoms with Crippen LogP contribution in [0.2, 0.25) is 0 Å². The summed E-state index contributed by atoms with van der Waals surface area (Å²) in [5.74, 6) is -0.296. The van der Waals surface area contributed by atoms with Crippen LogP contribution in [-0.2, 0) is 4.79 Å². The van der Waals surface area contributed by atoms with Gasteiger partial charge in [0.2, 0.25) is 5.91 Å². The number of hydrogen-bond acceptors (Lipinski definition) is 4. The van der Waals surface area contributed by atoms with Crippen LogP contribution in [0.3, 0.4) is 0 Å². The predicted octanol–water partition coefficient (Wildman–Crippen LogP) is 3.28. The smallest absolute Gasteiger partial charge is 0.289 e. The molecule has 0 atom stereocenters. The standard InChI is InChI=1S/C22H22FN3O3/c1-15-2-7-19-16(12-15)13-20(29-19)22(28)26-10-8-25(9-11-26)14-21(27)24-18-5-3-17(23)4-6-18/h2-7,12-13H,8-11,14H2,1H3,(H,24,27). The maximum atomic E-state index is 12.9. The molecule has 4 rings (SSSR count). The predicted molar refractivity (Wildman–Crippen MR) is 108 cm³/mol. The lowest BCUT2D eigenvalue weighted by Gasteiger charge is -2.33. The molecule has 2 aromatic carbocycles. The molecular formula is C22H22FN3O3. The number of anilines is 1. The maximum absolute atomic E-state index is 12.9. The highest BCUT2D eigenvalue weighted by atomic mass is 19.1. The topological polar surface area (TPSA) is 65.8 Å². The van der Waals surface area contributed by atoms with E-state index in [0.29, 0.717) is 43.2 Å². The molecule has 1 fully saturated rings. The number of amides is 2. The molecule has 0 bridgehead atoms. The normalized spacial score (nSPS) is 14.9. The second-order valence-corrected chi connectivity index (χ2v) is 7.28. The van der Waals surface area contributed by atoms with Crippen molar-refractivity contribution in [1.29, 1.82) is 0 Å². The van der Waals surface area contributed by atoms with Crippen LogP contribution in [0.15, 0.2) is 52.9 Å². The molecule has 29 heavy (non-hydrogen) atoms. The van der Waals surface area contributed by atoms with Gasteiger partial charge >= 0.3 is 0 Å². The number of aryl methyl sites for hydroxylation is 1. The van der Waals surface area contributed by atoms with E-state index in [1.165, 1.54) is 24.3 Å². The highest BCUT2D eigenvalue weighted by Crippen LogP contribution is 2.22. The number of fused-ring (bicyclic) bond motifs is 1. The zero-order valence-corrected chi connectivity index (χ0v) is 16.2. The van der Waals surface area contributed by atoms with Gasteiger partial charge in [-0.3, -0.25) is 14.5 Å². The molecule has 0 aliphatic carbocycles. The number of piperazine rings is 1. The molecule has 150 valence electrons. The Balaban J connectivity index is 1.30. The molecule has 6 nitrogen and oxygen atoms in total. The number of carbonyl (C=O) groups is 2. The van der Waals surface area contributed by atoms with Crippen LogP contribution in [0.5, 0.6) is 0 Å². The second-order valence-electron chi connectivity index (χ2n) is 7.28. The van der Waals surface area contributed by atoms with Crippen LogP contribution in [0.25, 0.3) is 11.0 Å². The molecule has 0 unspecified atom stereocenters. The Hall–Kier alpha value is -3.19. The molecule has 2 amide bonds. The molecule has 1 aliphatic rings. The van der Waals surface area contributed by atoms with Gasteiger partial charge in [0.1, 0.15) is 11.4 Å². The average molecular weight is 395 g/mol. The van der Waals surface area contributed by atoms with Gasteiger partial charge in [-0.2, -0.15) is 0 Å². The molecule has 1 aliphatic heterocycles. The van der Waals surface area contributed by atoms with Gasteiger partial charge in [-0.15, -0.1) is 0 Å². The lowest BCUT2D eigenvalue weighted by atomic mass is 10.2. The molecule has 2 heterocycles. The Kier molecular flexibility index (Phi) is 5.31. The van der Waals surface area contributed by atoms with Crippen molar-refractivity contribution in [2.75, 3.05) is 38.0 Å². The fourth-order valence-corrected chi connectivity index (χ4v) is 3.47. The van der Waals surface area contributed by atoms with Crippen LogP contribution in [0.1, 0.15) is 16.1 Å². The average Bonchev–Trinajstić information content (AvgIpc) is 3.13. The second kappa shape index (κ2) is 8.05. The summed E-state index contributed by atoms with van der Waals surface area (Å²) >= 11 is 0. The van der Waals surface area contributed by atoms with Crippen LogP contribution in [0, 0.1) is 12.7 Å². The lowest BCUT2D eigenvalue weighted by Crippen LogP contribution is -2.50. The highest BCUT2D eigenvalue weighted by Gasteiger charge is 2.25. The highest BCUT2D eigenvalue weighted by molar-refractivity contribution is 5.96. The molecule has 1 N–H and O–H groups in total. The van der Waals surface area contributed by atoms with Crippen LogP contribution in [-0.4, -0.2) is 54.3 Å². The van der Waals surface area contributed by atoms with Gasteiger partial charge in [-0.25, -0.2) is 4.39 Å². The third-order valence-electron chi connectivity index (χ3n) is 5.04. The van der Waals surface area contributed by atoms with Gasteiger partial charge in [0.05, 0.1) is 6.54 Å². The fraction of sp³-hybridized carbons (Fsp3) is 0.273. The Morgan fingerprint density at radius 2 is 1.76 bits per heavy atom. The van der Waals surface area contributed by atoms with E-state index in [-0.39, 0.29) is 24.2 Å². The Morgan fingerprint density at radius 1 is 1.03 bits per heavy atom. The Morgan fingerprint density at radius 3 is 2.48 bits per heavy atom. The number of halogens is 1. The van der Waals surface area contributed by atoms with Crippen molar-refractivity contribution in [3.63, 3.8) is 0 Å². The molecule has 7 heteroatoms. The molecule has 1 aromatic heterocycles. The minimum Gasteiger partial charge on any atom is -0.451 e. The number of carbonyl (C=O) groups excluding carboxylic acids is 2. The number of benzene rings is 2. The molecule has 3 aromatic rings. The van der Waals surface area contributed by atoms with E-state index in [2.05, 4.69) is 5.32 Å². The molecule has 1 saturated heterocycles. The summed E-state index contributed by atoms with van der Waals surface area (Å²) in [6.07, 6.45) is 0. The first-order valence-electron chi connectivity index (χ1n) is 9.55. The first-order chi connectivity index (χ1) is 14.0. The number of nitrogens with zero attached hydrogens (tertiary/aromatic N) is 2. The Labute approximate surface area is 167 Å². The third kappa shape index (κ3) is 4.46. The van der Waals surface area contributed by atoms with Crippen molar-refractivity contribution in [2.45, 2.75) is 6.92 Å². The molecular weight excluding hydrogens is 373 g/mol. The molecule has 0 spiro atoms. The number of rotatable bonds is 4. The van der Waals surface area contributed by atoms with E-state index >= 15 is 0 Å². The minimum atomic E-state index is -0.344. The van der Waals surface area contributed by atoms with E-state index in [1.807, 2.05) is 30.0 Å². The van der Waals surface area contributed by atoms with Gasteiger partial charge in [0, 0.05) is 37.3 Å². The number of nitrogens with one attached hydrogen (secondary N) is 1. The van der Waals surface area contributed by atoms with Crippen LogP contribution >= 0.6 is 0 Å². The number of furan rings is 1. The van der Waals surface area contributed by atoms with Gasteiger partial charge in [-0.1, -0.05) is 11.6 Å². The van der Waals surface area contributed by atoms with Crippen molar-refractivity contribution >= 4 is 28.5 Å². The first kappa shape index (κ1) is 19.1. The summed E-state index contributed by atoms with van der Waals surface area (Å²) in [7, 11) is 0. The number of hydrogen-bond donors (Lipinski definition) is 1. The lowest BCUT2D eigenvalue weighted by molar-refractivity contribution is -0.117. The summed E-state index contributed by atoms with van der Waals surface area (Å²) in [5, 5.41) is 3.67. The summed E-state index contributed by atoms with van der Waals surface area (Å²) in [6.45, 7) is 4.48. The SMILES string of the molecule is Cc1ccc2oc(C(=O)N3CCN(CC(=O)Nc4ccc(F)cc4)CC3)cc2c1. The van der Waals surface area contributed by atoms with Gasteiger partial charge < -0.3 is 14.6 Å². The summed E-state index contributed by atoms with van der Waals surface area (Å²) in [6, 6.07) is 13.3. The zero-order chi connectivity index (χ0) is 20.4. The van der Waals surface area contributed by atoms with E-state index in [4.69, 9.17) is 4.42 Å². The molecule has 0 saturated carbocycles. The third-order valence-corrected chi connectivity index (χ3v) is 5.04. The minimum absolute atomic E-state index is 0.130. The van der Waals surface area contributed by atoms with E-state index in [1.54, 1.807) is 11.0 Å². The summed E-state index contributed by atoms with van der Waals surface area (Å²) in [5.41, 5.74) is 2.38.